The van der Waals surface area contributed by atoms with Crippen LogP contribution >= 0.6 is 0 Å². The zero-order valence-corrected chi connectivity index (χ0v) is 10.3. The Morgan fingerprint density at radius 3 is 2.85 bits per heavy atom. The summed E-state index contributed by atoms with van der Waals surface area (Å²) in [7, 11) is 0. The van der Waals surface area contributed by atoms with Crippen LogP contribution in [0.4, 0.5) is 11.5 Å². The van der Waals surface area contributed by atoms with Gasteiger partial charge in [-0.25, -0.2) is 5.84 Å². The van der Waals surface area contributed by atoms with E-state index < -0.39 is 4.92 Å². The van der Waals surface area contributed by atoms with Crippen LogP contribution in [0.1, 0.15) is 5.56 Å². The first-order valence-electron chi connectivity index (χ1n) is 5.63. The fraction of sp³-hybridized carbons (Fsp3) is 0.0833. The first-order valence-corrected chi connectivity index (χ1v) is 5.63. The van der Waals surface area contributed by atoms with Gasteiger partial charge in [0.25, 0.3) is 5.69 Å². The van der Waals surface area contributed by atoms with Gasteiger partial charge in [0.1, 0.15) is 5.75 Å². The van der Waals surface area contributed by atoms with Crippen molar-refractivity contribution in [2.75, 3.05) is 5.43 Å². The van der Waals surface area contributed by atoms with E-state index in [1.807, 2.05) is 0 Å². The van der Waals surface area contributed by atoms with Crippen molar-refractivity contribution in [3.8, 4) is 11.6 Å². The lowest BCUT2D eigenvalue weighted by Crippen LogP contribution is -2.09. The van der Waals surface area contributed by atoms with E-state index >= 15 is 0 Å². The molecule has 0 aliphatic heterocycles. The highest BCUT2D eigenvalue weighted by Crippen LogP contribution is 2.26. The smallest absolute Gasteiger partial charge is 0.278 e. The highest BCUT2D eigenvalue weighted by molar-refractivity contribution is 5.48. The molecule has 0 aliphatic carbocycles. The number of nitrogen functional groups attached to an aromatic ring is 1. The van der Waals surface area contributed by atoms with E-state index in [0.29, 0.717) is 11.3 Å². The second-order valence-electron chi connectivity index (χ2n) is 3.86. The first-order chi connectivity index (χ1) is 9.62. The van der Waals surface area contributed by atoms with Crippen molar-refractivity contribution in [1.29, 1.82) is 0 Å². The van der Waals surface area contributed by atoms with Crippen LogP contribution in [0.15, 0.2) is 36.4 Å². The summed E-state index contributed by atoms with van der Waals surface area (Å²) in [6.07, 6.45) is 0. The molecule has 0 saturated carbocycles. The molecule has 8 nitrogen and oxygen atoms in total. The lowest BCUT2D eigenvalue weighted by molar-refractivity contribution is -0.384. The average Bonchev–Trinajstić information content (AvgIpc) is 2.47. The molecule has 0 unspecified atom stereocenters. The van der Waals surface area contributed by atoms with E-state index in [0.717, 1.165) is 0 Å². The summed E-state index contributed by atoms with van der Waals surface area (Å²) >= 11 is 0. The molecule has 4 N–H and O–H groups in total. The number of hydrogen-bond donors (Lipinski definition) is 3. The number of anilines is 1. The van der Waals surface area contributed by atoms with Gasteiger partial charge in [0.2, 0.25) is 5.88 Å². The van der Waals surface area contributed by atoms with Crippen molar-refractivity contribution >= 4 is 11.5 Å². The van der Waals surface area contributed by atoms with Gasteiger partial charge in [0.15, 0.2) is 5.82 Å². The number of aromatic nitrogens is 1. The number of nitrogens with one attached hydrogen (secondary N) is 1. The Hall–Kier alpha value is -2.71. The average molecular weight is 276 g/mol. The molecule has 20 heavy (non-hydrogen) atoms. The van der Waals surface area contributed by atoms with Crippen LogP contribution in [-0.2, 0) is 6.61 Å². The quantitative estimate of drug-likeness (QED) is 0.430. The fourth-order valence-electron chi connectivity index (χ4n) is 1.55. The number of nitrogens with two attached hydrogens (primary N) is 1. The molecule has 104 valence electrons. The van der Waals surface area contributed by atoms with Crippen molar-refractivity contribution in [1.82, 2.24) is 4.98 Å². The molecule has 0 aliphatic rings. The summed E-state index contributed by atoms with van der Waals surface area (Å²) in [5, 5.41) is 19.8. The molecule has 0 radical (unpaired) electrons. The molecule has 1 aromatic carbocycles. The highest BCUT2D eigenvalue weighted by Gasteiger charge is 2.12. The molecule has 2 aromatic rings. The Bertz CT molecular complexity index is 633. The Morgan fingerprint density at radius 2 is 2.20 bits per heavy atom. The van der Waals surface area contributed by atoms with Gasteiger partial charge in [0.05, 0.1) is 23.7 Å². The van der Waals surface area contributed by atoms with Crippen LogP contribution in [0.5, 0.6) is 11.6 Å². The second-order valence-corrected chi connectivity index (χ2v) is 3.86. The summed E-state index contributed by atoms with van der Waals surface area (Å²) in [5.74, 6) is 5.76. The minimum absolute atomic E-state index is 0.0299. The van der Waals surface area contributed by atoms with Gasteiger partial charge in [-0.3, -0.25) is 10.1 Å². The van der Waals surface area contributed by atoms with Crippen LogP contribution in [0.25, 0.3) is 0 Å². The molecule has 0 saturated heterocycles. The number of ether oxygens (including phenoxy) is 1. The van der Waals surface area contributed by atoms with Crippen molar-refractivity contribution < 1.29 is 14.8 Å². The number of rotatable bonds is 5. The molecule has 0 spiro atoms. The van der Waals surface area contributed by atoms with Crippen LogP contribution < -0.4 is 16.0 Å². The third-order valence-electron chi connectivity index (χ3n) is 2.45. The largest absolute Gasteiger partial charge is 0.439 e. The zero-order valence-electron chi connectivity index (χ0n) is 10.3. The van der Waals surface area contributed by atoms with Crippen molar-refractivity contribution in [2.45, 2.75) is 6.61 Å². The number of hydrogen-bond acceptors (Lipinski definition) is 7. The van der Waals surface area contributed by atoms with E-state index in [-0.39, 0.29) is 24.0 Å². The predicted molar refractivity (Wildman–Crippen MR) is 71.1 cm³/mol. The number of nitro groups is 1. The standard InChI is InChI=1S/C12H12N4O4/c13-15-11-5-9(16(18)19)6-12(14-11)20-10-3-1-2-8(4-10)7-17/h1-6,17H,7,13H2,(H,14,15). The fourth-order valence-corrected chi connectivity index (χ4v) is 1.55. The number of aliphatic hydroxyl groups is 1. The highest BCUT2D eigenvalue weighted by atomic mass is 16.6. The summed E-state index contributed by atoms with van der Waals surface area (Å²) in [4.78, 5) is 14.2. The maximum atomic E-state index is 10.8. The SMILES string of the molecule is NNc1cc([N+](=O)[O-])cc(Oc2cccc(CO)c2)n1. The number of aliphatic hydroxyl groups excluding tert-OH is 1. The van der Waals surface area contributed by atoms with E-state index in [9.17, 15) is 10.1 Å². The van der Waals surface area contributed by atoms with Crippen LogP contribution in [0.3, 0.4) is 0 Å². The van der Waals surface area contributed by atoms with Gasteiger partial charge in [0, 0.05) is 0 Å². The lowest BCUT2D eigenvalue weighted by Gasteiger charge is -2.07. The summed E-state index contributed by atoms with van der Waals surface area (Å²) < 4.78 is 5.43. The van der Waals surface area contributed by atoms with Gasteiger partial charge in [-0.05, 0) is 17.7 Å². The Balaban J connectivity index is 2.32. The topological polar surface area (TPSA) is 124 Å². The third-order valence-corrected chi connectivity index (χ3v) is 2.45. The molecule has 0 amide bonds. The molecule has 0 bridgehead atoms. The number of nitrogens with zero attached hydrogens (tertiary/aromatic N) is 2. The minimum Gasteiger partial charge on any atom is -0.439 e. The van der Waals surface area contributed by atoms with Gasteiger partial charge in [-0.1, -0.05) is 12.1 Å². The third kappa shape index (κ3) is 3.19. The van der Waals surface area contributed by atoms with Crippen LogP contribution in [0, 0.1) is 10.1 Å². The Labute approximate surface area is 113 Å². The summed E-state index contributed by atoms with van der Waals surface area (Å²) in [5.41, 5.74) is 2.70. The van der Waals surface area contributed by atoms with Crippen molar-refractivity contribution in [3.63, 3.8) is 0 Å². The lowest BCUT2D eigenvalue weighted by atomic mass is 10.2. The zero-order chi connectivity index (χ0) is 14.5. The normalized spacial score (nSPS) is 10.1. The van der Waals surface area contributed by atoms with Crippen molar-refractivity contribution in [3.05, 3.63) is 52.1 Å². The second kappa shape index (κ2) is 5.95. The van der Waals surface area contributed by atoms with E-state index in [4.69, 9.17) is 15.7 Å². The van der Waals surface area contributed by atoms with Gasteiger partial charge in [-0.2, -0.15) is 4.98 Å². The molecular weight excluding hydrogens is 264 g/mol. The molecule has 2 rings (SSSR count). The van der Waals surface area contributed by atoms with Crippen molar-refractivity contribution in [2.24, 2.45) is 5.84 Å². The predicted octanol–water partition coefficient (Wildman–Crippen LogP) is 1.56. The van der Waals surface area contributed by atoms with Gasteiger partial charge >= 0.3 is 0 Å². The molecule has 8 heteroatoms. The molecule has 0 fully saturated rings. The summed E-state index contributed by atoms with van der Waals surface area (Å²) in [6.45, 7) is -0.130. The van der Waals surface area contributed by atoms with E-state index in [1.165, 1.54) is 12.1 Å². The summed E-state index contributed by atoms with van der Waals surface area (Å²) in [6, 6.07) is 9.05. The maximum absolute atomic E-state index is 10.8. The maximum Gasteiger partial charge on any atom is 0.278 e. The number of pyridine rings is 1. The molecular formula is C12H12N4O4. The van der Waals surface area contributed by atoms with Crippen LogP contribution in [-0.4, -0.2) is 15.0 Å². The van der Waals surface area contributed by atoms with E-state index in [1.54, 1.807) is 24.3 Å². The molecule has 0 atom stereocenters. The Morgan fingerprint density at radius 1 is 1.40 bits per heavy atom. The van der Waals surface area contributed by atoms with Gasteiger partial charge in [-0.15, -0.1) is 0 Å². The minimum atomic E-state index is -0.570. The number of hydrazine groups is 1. The van der Waals surface area contributed by atoms with E-state index in [2.05, 4.69) is 10.4 Å². The Kier molecular flexibility index (Phi) is 4.08. The number of benzene rings is 1. The monoisotopic (exact) mass is 276 g/mol. The van der Waals surface area contributed by atoms with Crippen LogP contribution in [0.2, 0.25) is 0 Å². The molecule has 1 heterocycles. The van der Waals surface area contributed by atoms with Gasteiger partial charge < -0.3 is 15.3 Å². The first kappa shape index (κ1) is 13.7. The molecule has 1 aromatic heterocycles.